The lowest BCUT2D eigenvalue weighted by molar-refractivity contribution is -0.134. The van der Waals surface area contributed by atoms with Gasteiger partial charge in [0.25, 0.3) is 5.56 Å². The number of H-pyrrole nitrogens is 1. The molecule has 3 aromatic heterocycles. The second-order valence-corrected chi connectivity index (χ2v) is 11.6. The van der Waals surface area contributed by atoms with Crippen LogP contribution in [0.4, 0.5) is 5.95 Å². The van der Waals surface area contributed by atoms with E-state index < -0.39 is 0 Å². The Labute approximate surface area is 226 Å². The number of fused-ring (bicyclic) bond motifs is 2. The summed E-state index contributed by atoms with van der Waals surface area (Å²) in [6.45, 7) is 10.5. The number of hydrogen-bond donors (Lipinski definition) is 2. The van der Waals surface area contributed by atoms with Crippen molar-refractivity contribution in [1.29, 1.82) is 0 Å². The van der Waals surface area contributed by atoms with Crippen molar-refractivity contribution in [3.8, 4) is 22.4 Å². The fourth-order valence-corrected chi connectivity index (χ4v) is 6.09. The van der Waals surface area contributed by atoms with E-state index in [4.69, 9.17) is 4.98 Å². The number of nitrogens with zero attached hydrogens (tertiary/aromatic N) is 6. The number of carbonyl (C=O) groups excluding carboxylic acids is 1. The first kappa shape index (κ1) is 25.4. The van der Waals surface area contributed by atoms with E-state index in [0.717, 1.165) is 27.6 Å². The standard InChI is InChI=1S/C29H35N7O3/c1-18(2)36-28-32-25(12-26(38)35(28)17-29(36,3)4)23-14-30-24-6-5-19(11-22(23)24)20-13-31-34(15-20)16-27(39)33-9-7-21(37)8-10-33/h5-6,11-15,18,21,30,37H,7-10,16-17H2,1-4H3. The SMILES string of the molecule is CC(C)N1c2nc(-c3c[nH]c4ccc(-c5cnn(CC(=O)N6CCC(O)CC6)c5)cc34)cc(=O)n2CC1(C)C. The lowest BCUT2D eigenvalue weighted by atomic mass is 10.0. The van der Waals surface area contributed by atoms with Crippen molar-refractivity contribution >= 4 is 22.8 Å². The second-order valence-electron chi connectivity index (χ2n) is 11.6. The summed E-state index contributed by atoms with van der Waals surface area (Å²) in [6.07, 6.45) is 6.48. The highest BCUT2D eigenvalue weighted by Crippen LogP contribution is 2.36. The molecular formula is C29H35N7O3. The number of benzene rings is 1. The average Bonchev–Trinajstić information content (AvgIpc) is 3.59. The molecule has 10 heteroatoms. The minimum atomic E-state index is -0.314. The van der Waals surface area contributed by atoms with Crippen LogP contribution in [0, 0.1) is 0 Å². The Morgan fingerprint density at radius 2 is 1.95 bits per heavy atom. The summed E-state index contributed by atoms with van der Waals surface area (Å²) < 4.78 is 3.43. The van der Waals surface area contributed by atoms with Crippen LogP contribution in [0.3, 0.4) is 0 Å². The highest BCUT2D eigenvalue weighted by atomic mass is 16.3. The predicted molar refractivity (Wildman–Crippen MR) is 151 cm³/mol. The van der Waals surface area contributed by atoms with E-state index in [9.17, 15) is 14.7 Å². The average molecular weight is 530 g/mol. The van der Waals surface area contributed by atoms with E-state index in [1.54, 1.807) is 26.4 Å². The molecule has 1 fully saturated rings. The molecule has 2 aliphatic heterocycles. The number of aliphatic hydroxyl groups is 1. The maximum absolute atomic E-state index is 13.2. The Kier molecular flexibility index (Phi) is 6.10. The minimum absolute atomic E-state index is 0.00696. The van der Waals surface area contributed by atoms with E-state index in [2.05, 4.69) is 48.7 Å². The van der Waals surface area contributed by atoms with Crippen molar-refractivity contribution in [1.82, 2.24) is 29.2 Å². The van der Waals surface area contributed by atoms with Crippen LogP contribution < -0.4 is 10.5 Å². The Morgan fingerprint density at radius 3 is 2.69 bits per heavy atom. The molecule has 2 aliphatic rings. The molecule has 0 radical (unpaired) electrons. The molecule has 204 valence electrons. The molecule has 0 aliphatic carbocycles. The van der Waals surface area contributed by atoms with Gasteiger partial charge in [-0.25, -0.2) is 4.98 Å². The molecule has 0 atom stereocenters. The number of nitrogens with one attached hydrogen (secondary N) is 1. The molecular weight excluding hydrogens is 494 g/mol. The van der Waals surface area contributed by atoms with E-state index in [-0.39, 0.29) is 35.7 Å². The number of piperidine rings is 1. The normalized spacial score (nSPS) is 17.4. The smallest absolute Gasteiger partial charge is 0.255 e. The van der Waals surface area contributed by atoms with Gasteiger partial charge in [0, 0.05) is 59.6 Å². The number of amides is 1. The van der Waals surface area contributed by atoms with Crippen molar-refractivity contribution in [3.05, 3.63) is 53.2 Å². The van der Waals surface area contributed by atoms with E-state index >= 15 is 0 Å². The Balaban J connectivity index is 1.30. The lowest BCUT2D eigenvalue weighted by Crippen LogP contribution is -2.45. The first-order valence-electron chi connectivity index (χ1n) is 13.6. The number of aliphatic hydroxyl groups excluding tert-OH is 1. The molecule has 39 heavy (non-hydrogen) atoms. The first-order valence-corrected chi connectivity index (χ1v) is 13.6. The predicted octanol–water partition coefficient (Wildman–Crippen LogP) is 3.25. The summed E-state index contributed by atoms with van der Waals surface area (Å²) in [6, 6.07) is 7.94. The molecule has 4 aromatic rings. The molecule has 0 unspecified atom stereocenters. The van der Waals surface area contributed by atoms with Gasteiger partial charge in [-0.15, -0.1) is 0 Å². The van der Waals surface area contributed by atoms with Crippen LogP contribution in [0.5, 0.6) is 0 Å². The summed E-state index contributed by atoms with van der Waals surface area (Å²) in [5.74, 6) is 0.713. The highest BCUT2D eigenvalue weighted by Gasteiger charge is 2.39. The summed E-state index contributed by atoms with van der Waals surface area (Å²) >= 11 is 0. The van der Waals surface area contributed by atoms with E-state index in [1.165, 1.54) is 0 Å². The second kappa shape index (κ2) is 9.37. The van der Waals surface area contributed by atoms with Gasteiger partial charge in [0.05, 0.1) is 30.1 Å². The van der Waals surface area contributed by atoms with Crippen LogP contribution in [0.2, 0.25) is 0 Å². The van der Waals surface area contributed by atoms with Crippen molar-refractivity contribution in [2.45, 2.75) is 71.3 Å². The number of anilines is 1. The number of hydrogen-bond acceptors (Lipinski definition) is 6. The highest BCUT2D eigenvalue weighted by molar-refractivity contribution is 5.97. The molecule has 0 spiro atoms. The zero-order valence-corrected chi connectivity index (χ0v) is 22.9. The van der Waals surface area contributed by atoms with Gasteiger partial charge in [-0.3, -0.25) is 18.8 Å². The van der Waals surface area contributed by atoms with Gasteiger partial charge in [0.15, 0.2) is 0 Å². The number of aromatic nitrogens is 5. The quantitative estimate of drug-likeness (QED) is 0.411. The van der Waals surface area contributed by atoms with Gasteiger partial charge in [-0.2, -0.15) is 5.10 Å². The largest absolute Gasteiger partial charge is 0.393 e. The third kappa shape index (κ3) is 4.52. The molecule has 5 heterocycles. The molecule has 0 saturated carbocycles. The van der Waals surface area contributed by atoms with Gasteiger partial charge >= 0.3 is 0 Å². The monoisotopic (exact) mass is 529 g/mol. The zero-order valence-electron chi connectivity index (χ0n) is 22.9. The molecule has 1 saturated heterocycles. The van der Waals surface area contributed by atoms with Gasteiger partial charge in [-0.1, -0.05) is 6.07 Å². The molecule has 2 N–H and O–H groups in total. The van der Waals surface area contributed by atoms with E-state index in [1.807, 2.05) is 24.5 Å². The van der Waals surface area contributed by atoms with Gasteiger partial charge in [0.1, 0.15) is 6.54 Å². The Bertz CT molecular complexity index is 1600. The van der Waals surface area contributed by atoms with Crippen molar-refractivity contribution in [2.24, 2.45) is 0 Å². The van der Waals surface area contributed by atoms with Crippen LogP contribution in [0.25, 0.3) is 33.3 Å². The van der Waals surface area contributed by atoms with Crippen LogP contribution in [-0.4, -0.2) is 71.0 Å². The Morgan fingerprint density at radius 1 is 1.18 bits per heavy atom. The minimum Gasteiger partial charge on any atom is -0.393 e. The van der Waals surface area contributed by atoms with Crippen LogP contribution in [0.1, 0.15) is 40.5 Å². The topological polar surface area (TPSA) is 112 Å². The molecule has 1 aromatic carbocycles. The lowest BCUT2D eigenvalue weighted by Gasteiger charge is -2.35. The number of carbonyl (C=O) groups is 1. The molecule has 10 nitrogen and oxygen atoms in total. The first-order chi connectivity index (χ1) is 18.6. The fourth-order valence-electron chi connectivity index (χ4n) is 6.09. The van der Waals surface area contributed by atoms with Gasteiger partial charge < -0.3 is 19.9 Å². The third-order valence-electron chi connectivity index (χ3n) is 7.96. The summed E-state index contributed by atoms with van der Waals surface area (Å²) in [5, 5.41) is 15.1. The van der Waals surface area contributed by atoms with Crippen LogP contribution in [-0.2, 0) is 17.9 Å². The van der Waals surface area contributed by atoms with Crippen molar-refractivity contribution < 1.29 is 9.90 Å². The van der Waals surface area contributed by atoms with Gasteiger partial charge in [-0.05, 0) is 58.2 Å². The molecule has 6 rings (SSSR count). The van der Waals surface area contributed by atoms with Crippen LogP contribution in [0.15, 0.2) is 47.7 Å². The number of aromatic amines is 1. The zero-order chi connectivity index (χ0) is 27.5. The third-order valence-corrected chi connectivity index (χ3v) is 7.96. The summed E-state index contributed by atoms with van der Waals surface area (Å²) in [4.78, 5) is 38.2. The summed E-state index contributed by atoms with van der Waals surface area (Å²) in [7, 11) is 0. The maximum atomic E-state index is 13.2. The Hall–Kier alpha value is -3.92. The molecule has 1 amide bonds. The number of likely N-dealkylation sites (tertiary alicyclic amines) is 1. The fraction of sp³-hybridized carbons (Fsp3) is 0.448. The molecule has 0 bridgehead atoms. The van der Waals surface area contributed by atoms with Gasteiger partial charge in [0.2, 0.25) is 11.9 Å². The van der Waals surface area contributed by atoms with Crippen molar-refractivity contribution in [2.75, 3.05) is 18.0 Å². The summed E-state index contributed by atoms with van der Waals surface area (Å²) in [5.41, 5.74) is 4.09. The maximum Gasteiger partial charge on any atom is 0.255 e. The van der Waals surface area contributed by atoms with Crippen molar-refractivity contribution in [3.63, 3.8) is 0 Å². The van der Waals surface area contributed by atoms with E-state index in [0.29, 0.717) is 44.1 Å². The van der Waals surface area contributed by atoms with Crippen LogP contribution >= 0.6 is 0 Å². The number of rotatable bonds is 5.